The molecule has 8 nitrogen and oxygen atoms in total. The third kappa shape index (κ3) is 7.92. The third-order valence-electron chi connectivity index (χ3n) is 5.15. The van der Waals surface area contributed by atoms with Gasteiger partial charge in [-0.1, -0.05) is 6.42 Å². The highest BCUT2D eigenvalue weighted by Gasteiger charge is 2.29. The van der Waals surface area contributed by atoms with Crippen molar-refractivity contribution in [1.29, 1.82) is 0 Å². The van der Waals surface area contributed by atoms with Gasteiger partial charge in [0.25, 0.3) is 0 Å². The summed E-state index contributed by atoms with van der Waals surface area (Å²) in [5, 5.41) is 13.3. The number of ether oxygens (including phenoxy) is 1. The van der Waals surface area contributed by atoms with Gasteiger partial charge in [0.2, 0.25) is 10.0 Å². The number of nitrogens with zero attached hydrogens (tertiary/aromatic N) is 3. The van der Waals surface area contributed by atoms with Gasteiger partial charge >= 0.3 is 0 Å². The van der Waals surface area contributed by atoms with Gasteiger partial charge in [0, 0.05) is 45.2 Å². The molecule has 2 atom stereocenters. The Morgan fingerprint density at radius 2 is 1.93 bits per heavy atom. The molecule has 0 amide bonds. The molecule has 1 aliphatic heterocycles. The maximum Gasteiger partial charge on any atom is 0.216 e. The molecule has 2 N–H and O–H groups in total. The number of halogens is 1. The molecule has 28 heavy (non-hydrogen) atoms. The van der Waals surface area contributed by atoms with Crippen LogP contribution in [0.15, 0.2) is 4.99 Å². The van der Waals surface area contributed by atoms with Crippen LogP contribution in [0.4, 0.5) is 0 Å². The van der Waals surface area contributed by atoms with Gasteiger partial charge in [0.05, 0.1) is 24.6 Å². The number of nitrogens with one attached hydrogen (secondary N) is 1. The molecule has 1 saturated heterocycles. The molecule has 0 bridgehead atoms. The molecule has 1 saturated carbocycles. The van der Waals surface area contributed by atoms with Gasteiger partial charge in [-0.05, 0) is 33.6 Å². The first-order valence-electron chi connectivity index (χ1n) is 10.1. The van der Waals surface area contributed by atoms with E-state index >= 15 is 0 Å². The molecule has 1 aliphatic carbocycles. The van der Waals surface area contributed by atoms with Crippen LogP contribution in [0, 0.1) is 5.92 Å². The zero-order valence-corrected chi connectivity index (χ0v) is 20.5. The molecule has 0 radical (unpaired) electrons. The second-order valence-corrected chi connectivity index (χ2v) is 9.66. The molecular weight excluding hydrogens is 495 g/mol. The molecule has 2 fully saturated rings. The monoisotopic (exact) mass is 532 g/mol. The van der Waals surface area contributed by atoms with Crippen molar-refractivity contribution in [2.75, 3.05) is 51.6 Å². The lowest BCUT2D eigenvalue weighted by Gasteiger charge is -2.36. The number of hydrogen-bond acceptors (Lipinski definition) is 5. The minimum Gasteiger partial charge on any atom is -0.393 e. The summed E-state index contributed by atoms with van der Waals surface area (Å²) in [7, 11) is -3.28. The fraction of sp³-hybridized carbons (Fsp3) is 0.944. The van der Waals surface area contributed by atoms with Crippen molar-refractivity contribution in [1.82, 2.24) is 14.5 Å². The Bertz CT molecular complexity index is 580. The molecule has 10 heteroatoms. The first-order chi connectivity index (χ1) is 12.8. The normalized spacial score (nSPS) is 24.5. The van der Waals surface area contributed by atoms with E-state index < -0.39 is 10.0 Å². The van der Waals surface area contributed by atoms with Crippen molar-refractivity contribution in [3.63, 3.8) is 0 Å². The number of guanidine groups is 1. The maximum absolute atomic E-state index is 12.5. The van der Waals surface area contributed by atoms with Gasteiger partial charge in [-0.3, -0.25) is 4.99 Å². The van der Waals surface area contributed by atoms with Gasteiger partial charge in [-0.2, -0.15) is 4.31 Å². The van der Waals surface area contributed by atoms with Gasteiger partial charge in [-0.15, -0.1) is 24.0 Å². The topological polar surface area (TPSA) is 94.5 Å². The Labute approximate surface area is 187 Å². The van der Waals surface area contributed by atoms with E-state index in [1.165, 1.54) is 0 Å². The van der Waals surface area contributed by atoms with Gasteiger partial charge in [0.1, 0.15) is 0 Å². The van der Waals surface area contributed by atoms with E-state index in [2.05, 4.69) is 10.2 Å². The second-order valence-electron chi connectivity index (χ2n) is 7.57. The lowest BCUT2D eigenvalue weighted by molar-refractivity contribution is 0.0904. The highest BCUT2D eigenvalue weighted by Crippen LogP contribution is 2.25. The van der Waals surface area contributed by atoms with Crippen LogP contribution in [-0.2, 0) is 14.8 Å². The van der Waals surface area contributed by atoms with E-state index in [1.807, 2.05) is 20.8 Å². The van der Waals surface area contributed by atoms with E-state index in [1.54, 1.807) is 4.31 Å². The quantitative estimate of drug-likeness (QED) is 0.276. The molecule has 2 aliphatic rings. The van der Waals surface area contributed by atoms with E-state index in [0.29, 0.717) is 32.7 Å². The van der Waals surface area contributed by atoms with E-state index in [4.69, 9.17) is 9.73 Å². The Balaban J connectivity index is 0.00000392. The highest BCUT2D eigenvalue weighted by atomic mass is 127. The molecule has 0 aromatic rings. The van der Waals surface area contributed by atoms with E-state index in [9.17, 15) is 13.5 Å². The summed E-state index contributed by atoms with van der Waals surface area (Å²) < 4.78 is 31.9. The average Bonchev–Trinajstić information content (AvgIpc) is 3.03. The zero-order valence-electron chi connectivity index (χ0n) is 17.3. The summed E-state index contributed by atoms with van der Waals surface area (Å²) in [5.74, 6) is 1.08. The Hall–Kier alpha value is -0.170. The lowest BCUT2D eigenvalue weighted by atomic mass is 10.1. The van der Waals surface area contributed by atoms with Crippen LogP contribution in [0.3, 0.4) is 0 Å². The molecule has 2 rings (SSSR count). The molecule has 0 aromatic carbocycles. The fourth-order valence-electron chi connectivity index (χ4n) is 3.56. The first-order valence-corrected chi connectivity index (χ1v) is 11.7. The summed E-state index contributed by atoms with van der Waals surface area (Å²) in [5.41, 5.74) is 0. The van der Waals surface area contributed by atoms with Crippen molar-refractivity contribution in [2.45, 2.75) is 52.2 Å². The Kier molecular flexibility index (Phi) is 11.6. The number of piperazine rings is 1. The van der Waals surface area contributed by atoms with Crippen molar-refractivity contribution >= 4 is 40.0 Å². The van der Waals surface area contributed by atoms with Crippen LogP contribution in [0.2, 0.25) is 0 Å². The Morgan fingerprint density at radius 1 is 1.25 bits per heavy atom. The predicted octanol–water partition coefficient (Wildman–Crippen LogP) is 1.10. The van der Waals surface area contributed by atoms with Gasteiger partial charge in [-0.25, -0.2) is 8.42 Å². The van der Waals surface area contributed by atoms with Crippen molar-refractivity contribution in [3.8, 4) is 0 Å². The fourth-order valence-corrected chi connectivity index (χ4v) is 4.84. The largest absolute Gasteiger partial charge is 0.393 e. The number of hydrogen-bond donors (Lipinski definition) is 2. The predicted molar refractivity (Wildman–Crippen MR) is 123 cm³/mol. The van der Waals surface area contributed by atoms with Gasteiger partial charge < -0.3 is 20.1 Å². The summed E-state index contributed by atoms with van der Waals surface area (Å²) in [6.45, 7) is 9.58. The van der Waals surface area contributed by atoms with Crippen LogP contribution in [0.5, 0.6) is 0 Å². The van der Waals surface area contributed by atoms with Crippen molar-refractivity contribution in [2.24, 2.45) is 10.9 Å². The second kappa shape index (κ2) is 12.5. The van der Waals surface area contributed by atoms with Crippen LogP contribution < -0.4 is 5.32 Å². The summed E-state index contributed by atoms with van der Waals surface area (Å²) in [6.07, 6.45) is 2.75. The molecule has 166 valence electrons. The maximum atomic E-state index is 12.5. The smallest absolute Gasteiger partial charge is 0.216 e. The number of rotatable bonds is 8. The number of aliphatic hydroxyl groups excluding tert-OH is 1. The van der Waals surface area contributed by atoms with Crippen molar-refractivity contribution in [3.05, 3.63) is 0 Å². The first kappa shape index (κ1) is 25.9. The minimum atomic E-state index is -3.28. The summed E-state index contributed by atoms with van der Waals surface area (Å²) >= 11 is 0. The molecule has 2 unspecified atom stereocenters. The van der Waals surface area contributed by atoms with Crippen LogP contribution in [-0.4, -0.2) is 92.5 Å². The van der Waals surface area contributed by atoms with Crippen LogP contribution >= 0.6 is 24.0 Å². The van der Waals surface area contributed by atoms with Crippen LogP contribution in [0.1, 0.15) is 40.0 Å². The summed E-state index contributed by atoms with van der Waals surface area (Å²) in [6, 6.07) is 0. The lowest BCUT2D eigenvalue weighted by Crippen LogP contribution is -2.54. The summed E-state index contributed by atoms with van der Waals surface area (Å²) in [4.78, 5) is 6.82. The molecule has 0 spiro atoms. The average molecular weight is 532 g/mol. The van der Waals surface area contributed by atoms with Crippen molar-refractivity contribution < 1.29 is 18.3 Å². The highest BCUT2D eigenvalue weighted by molar-refractivity contribution is 14.0. The molecule has 0 aromatic heterocycles. The molecular formula is C18H37IN4O4S. The zero-order chi connectivity index (χ0) is 19.9. The minimum absolute atomic E-state index is 0. The number of aliphatic hydroxyl groups is 1. The number of sulfonamides is 1. The third-order valence-corrected chi connectivity index (χ3v) is 6.99. The molecule has 1 heterocycles. The van der Waals surface area contributed by atoms with Crippen LogP contribution in [0.25, 0.3) is 0 Å². The SMILES string of the molecule is CCNC(=NCC1CCCC1O)N1CCN(S(=O)(=O)CCOC(C)C)CC1.I. The standard InChI is InChI=1S/C18H36N4O4S.HI/c1-4-19-18(20-14-16-6-5-7-17(16)23)21-8-10-22(11-9-21)27(24,25)13-12-26-15(2)3;/h15-17,23H,4-14H2,1-3H3,(H,19,20);1H. The van der Waals surface area contributed by atoms with Gasteiger partial charge in [0.15, 0.2) is 5.96 Å². The van der Waals surface area contributed by atoms with E-state index in [0.717, 1.165) is 31.8 Å². The Morgan fingerprint density at radius 3 is 2.46 bits per heavy atom. The number of aliphatic imine (C=N–C) groups is 1. The van der Waals surface area contributed by atoms with E-state index in [-0.39, 0.29) is 54.5 Å².